The average molecular weight is 351 g/mol. The maximum Gasteiger partial charge on any atom is 0.139 e. The highest BCUT2D eigenvalue weighted by Gasteiger charge is 2.12. The van der Waals surface area contributed by atoms with Gasteiger partial charge in [0.05, 0.1) is 11.0 Å². The molecule has 2 aromatic carbocycles. The van der Waals surface area contributed by atoms with Crippen LogP contribution in [0.1, 0.15) is 12.7 Å². The minimum absolute atomic E-state index is 0.424. The third-order valence-corrected chi connectivity index (χ3v) is 4.52. The number of benzene rings is 2. The Hall–Kier alpha value is -2.59. The zero-order chi connectivity index (χ0) is 17.2. The normalized spacial score (nSPS) is 12.6. The maximum absolute atomic E-state index is 6.12. The third-order valence-electron chi connectivity index (χ3n) is 4.29. The Morgan fingerprint density at radius 3 is 2.88 bits per heavy atom. The number of aromatic nitrogens is 4. The molecule has 0 aliphatic heterocycles. The number of H-pyrrole nitrogens is 1. The van der Waals surface area contributed by atoms with Crippen molar-refractivity contribution in [1.29, 1.82) is 0 Å². The summed E-state index contributed by atoms with van der Waals surface area (Å²) in [6.07, 6.45) is 4.75. The molecule has 1 atom stereocenters. The van der Waals surface area contributed by atoms with Crippen LogP contribution in [0.4, 0.5) is 0 Å². The zero-order valence-electron chi connectivity index (χ0n) is 14.0. The Morgan fingerprint density at radius 2 is 2.04 bits per heavy atom. The van der Waals surface area contributed by atoms with Crippen LogP contribution in [-0.2, 0) is 13.0 Å². The molecule has 0 radical (unpaired) electrons. The lowest BCUT2D eigenvalue weighted by atomic mass is 10.1. The first-order valence-electron chi connectivity index (χ1n) is 8.40. The summed E-state index contributed by atoms with van der Waals surface area (Å²) in [7, 11) is 0. The van der Waals surface area contributed by atoms with Crippen molar-refractivity contribution in [3.05, 3.63) is 71.8 Å². The number of imidazole rings is 2. The second-order valence-electron chi connectivity index (χ2n) is 6.42. The minimum atomic E-state index is 0.424. The van der Waals surface area contributed by atoms with E-state index in [1.807, 2.05) is 54.9 Å². The van der Waals surface area contributed by atoms with Gasteiger partial charge in [-0.2, -0.15) is 0 Å². The number of nitrogens with zero attached hydrogens (tertiary/aromatic N) is 3. The molecule has 2 heterocycles. The molecule has 4 aromatic rings. The molecule has 2 aromatic heterocycles. The number of hydrogen-bond donors (Lipinski definition) is 1. The summed E-state index contributed by atoms with van der Waals surface area (Å²) in [5.74, 6) is 2.39. The van der Waals surface area contributed by atoms with Gasteiger partial charge in [-0.05, 0) is 30.2 Å². The molecule has 1 N–H and O–H groups in total. The molecule has 0 aliphatic rings. The first kappa shape index (κ1) is 15.9. The molecule has 0 saturated heterocycles. The quantitative estimate of drug-likeness (QED) is 0.553. The number of hydrogen-bond acceptors (Lipinski definition) is 2. The Bertz CT molecular complexity index is 969. The van der Waals surface area contributed by atoms with Crippen LogP contribution < -0.4 is 0 Å². The van der Waals surface area contributed by atoms with E-state index in [9.17, 15) is 0 Å². The van der Waals surface area contributed by atoms with E-state index in [4.69, 9.17) is 11.6 Å². The van der Waals surface area contributed by atoms with E-state index in [0.717, 1.165) is 46.2 Å². The Kier molecular flexibility index (Phi) is 4.28. The smallest absolute Gasteiger partial charge is 0.139 e. The van der Waals surface area contributed by atoms with Crippen LogP contribution >= 0.6 is 11.6 Å². The number of para-hydroxylation sites is 2. The topological polar surface area (TPSA) is 46.5 Å². The van der Waals surface area contributed by atoms with Crippen LogP contribution in [0.15, 0.2) is 60.9 Å². The van der Waals surface area contributed by atoms with Gasteiger partial charge in [-0.15, -0.1) is 0 Å². The van der Waals surface area contributed by atoms with Crippen molar-refractivity contribution in [2.24, 2.45) is 5.92 Å². The van der Waals surface area contributed by atoms with Gasteiger partial charge in [-0.1, -0.05) is 42.8 Å². The van der Waals surface area contributed by atoms with Gasteiger partial charge >= 0.3 is 0 Å². The molecular weight excluding hydrogens is 332 g/mol. The zero-order valence-corrected chi connectivity index (χ0v) is 14.7. The molecule has 0 amide bonds. The molecule has 126 valence electrons. The van der Waals surface area contributed by atoms with E-state index in [2.05, 4.69) is 32.5 Å². The number of rotatable bonds is 5. The average Bonchev–Trinajstić information content (AvgIpc) is 3.20. The van der Waals surface area contributed by atoms with E-state index >= 15 is 0 Å². The Balaban J connectivity index is 1.51. The molecule has 0 spiro atoms. The summed E-state index contributed by atoms with van der Waals surface area (Å²) in [6.45, 7) is 3.10. The second-order valence-corrected chi connectivity index (χ2v) is 6.86. The van der Waals surface area contributed by atoms with Gasteiger partial charge < -0.3 is 9.55 Å². The van der Waals surface area contributed by atoms with E-state index in [1.54, 1.807) is 0 Å². The van der Waals surface area contributed by atoms with Crippen LogP contribution in [-0.4, -0.2) is 19.5 Å². The van der Waals surface area contributed by atoms with Crippen molar-refractivity contribution in [3.63, 3.8) is 0 Å². The first-order chi connectivity index (χ1) is 12.2. The van der Waals surface area contributed by atoms with Crippen LogP contribution in [0, 0.1) is 5.92 Å². The van der Waals surface area contributed by atoms with E-state index < -0.39 is 0 Å². The largest absolute Gasteiger partial charge is 0.342 e. The fourth-order valence-electron chi connectivity index (χ4n) is 3.18. The molecule has 0 saturated carbocycles. The van der Waals surface area contributed by atoms with Crippen molar-refractivity contribution in [2.45, 2.75) is 19.9 Å². The van der Waals surface area contributed by atoms with E-state index in [0.29, 0.717) is 5.92 Å². The monoisotopic (exact) mass is 350 g/mol. The molecule has 4 nitrogen and oxygen atoms in total. The van der Waals surface area contributed by atoms with Crippen molar-refractivity contribution < 1.29 is 0 Å². The molecule has 0 fully saturated rings. The number of nitrogens with one attached hydrogen (secondary N) is 1. The van der Waals surface area contributed by atoms with Crippen LogP contribution in [0.25, 0.3) is 22.4 Å². The van der Waals surface area contributed by atoms with Gasteiger partial charge in [0.1, 0.15) is 11.6 Å². The maximum atomic E-state index is 6.12. The van der Waals surface area contributed by atoms with Gasteiger partial charge in [0.15, 0.2) is 0 Å². The Labute approximate surface area is 151 Å². The lowest BCUT2D eigenvalue weighted by Crippen LogP contribution is -2.11. The second kappa shape index (κ2) is 6.73. The number of aromatic amines is 1. The molecule has 5 heteroatoms. The molecular formula is C20H19ClN4. The highest BCUT2D eigenvalue weighted by molar-refractivity contribution is 6.30. The van der Waals surface area contributed by atoms with Crippen molar-refractivity contribution in [2.75, 3.05) is 0 Å². The first-order valence-corrected chi connectivity index (χ1v) is 8.77. The van der Waals surface area contributed by atoms with Gasteiger partial charge in [0.25, 0.3) is 0 Å². The predicted octanol–water partition coefficient (Wildman–Crippen LogP) is 4.96. The van der Waals surface area contributed by atoms with Gasteiger partial charge in [-0.3, -0.25) is 0 Å². The fourth-order valence-corrected chi connectivity index (χ4v) is 3.37. The summed E-state index contributed by atoms with van der Waals surface area (Å²) in [5, 5.41) is 0.724. The van der Waals surface area contributed by atoms with E-state index in [-0.39, 0.29) is 0 Å². The summed E-state index contributed by atoms with van der Waals surface area (Å²) in [6, 6.07) is 15.9. The summed E-state index contributed by atoms with van der Waals surface area (Å²) in [4.78, 5) is 12.6. The van der Waals surface area contributed by atoms with Crippen molar-refractivity contribution in [1.82, 2.24) is 19.5 Å². The third kappa shape index (κ3) is 3.44. The van der Waals surface area contributed by atoms with Gasteiger partial charge in [0.2, 0.25) is 0 Å². The SMILES string of the molecule is CC(Cc1nc2ccccc2[nH]1)Cn1ccnc1-c1cccc(Cl)c1. The van der Waals surface area contributed by atoms with Crippen LogP contribution in [0.5, 0.6) is 0 Å². The minimum Gasteiger partial charge on any atom is -0.342 e. The van der Waals surface area contributed by atoms with Crippen LogP contribution in [0.2, 0.25) is 5.02 Å². The van der Waals surface area contributed by atoms with E-state index in [1.165, 1.54) is 0 Å². The molecule has 25 heavy (non-hydrogen) atoms. The van der Waals surface area contributed by atoms with Gasteiger partial charge in [0, 0.05) is 35.9 Å². The summed E-state index contributed by atoms with van der Waals surface area (Å²) < 4.78 is 2.18. The predicted molar refractivity (Wildman–Crippen MR) is 102 cm³/mol. The van der Waals surface area contributed by atoms with Gasteiger partial charge in [-0.25, -0.2) is 9.97 Å². The number of halogens is 1. The summed E-state index contributed by atoms with van der Waals surface area (Å²) >= 11 is 6.12. The molecule has 4 rings (SSSR count). The molecule has 0 aliphatic carbocycles. The lowest BCUT2D eigenvalue weighted by Gasteiger charge is -2.13. The number of fused-ring (bicyclic) bond motifs is 1. The van der Waals surface area contributed by atoms with Crippen molar-refractivity contribution >= 4 is 22.6 Å². The lowest BCUT2D eigenvalue weighted by molar-refractivity contribution is 0.474. The standard InChI is InChI=1S/C20H19ClN4/c1-14(11-19-23-17-7-2-3-8-18(17)24-19)13-25-10-9-22-20(25)15-5-4-6-16(21)12-15/h2-10,12,14H,11,13H2,1H3,(H,23,24). The summed E-state index contributed by atoms with van der Waals surface area (Å²) in [5.41, 5.74) is 3.15. The fraction of sp³-hybridized carbons (Fsp3) is 0.200. The van der Waals surface area contributed by atoms with Crippen molar-refractivity contribution in [3.8, 4) is 11.4 Å². The van der Waals surface area contributed by atoms with Crippen LogP contribution in [0.3, 0.4) is 0 Å². The molecule has 1 unspecified atom stereocenters. The highest BCUT2D eigenvalue weighted by atomic mass is 35.5. The highest BCUT2D eigenvalue weighted by Crippen LogP contribution is 2.22. The Morgan fingerprint density at radius 1 is 1.16 bits per heavy atom. The molecule has 0 bridgehead atoms.